The van der Waals surface area contributed by atoms with Gasteiger partial charge >= 0.3 is 0 Å². The molecule has 0 saturated carbocycles. The lowest BCUT2D eigenvalue weighted by molar-refractivity contribution is 0.590. The van der Waals surface area contributed by atoms with E-state index in [1.165, 1.54) is 33.4 Å². The van der Waals surface area contributed by atoms with Crippen molar-refractivity contribution in [2.45, 2.75) is 46.0 Å². The van der Waals surface area contributed by atoms with Crippen LogP contribution in [0, 0.1) is 0 Å². The molecular weight excluding hydrogens is 873 g/mol. The van der Waals surface area contributed by atoms with E-state index in [4.69, 9.17) is 4.42 Å². The highest BCUT2D eigenvalue weighted by Crippen LogP contribution is 2.47. The number of furan rings is 1. The first-order valence-corrected chi connectivity index (χ1v) is 25.2. The van der Waals surface area contributed by atoms with Crippen molar-refractivity contribution in [2.75, 3.05) is 9.80 Å². The van der Waals surface area contributed by atoms with Crippen LogP contribution in [0.15, 0.2) is 247 Å². The molecule has 348 valence electrons. The van der Waals surface area contributed by atoms with Crippen molar-refractivity contribution in [3.05, 3.63) is 254 Å². The number of benzene rings is 11. The number of anilines is 6. The molecule has 0 unspecified atom stereocenters. The van der Waals surface area contributed by atoms with Crippen molar-refractivity contribution >= 4 is 77.6 Å². The highest BCUT2D eigenvalue weighted by Gasteiger charge is 2.23. The molecule has 12 rings (SSSR count). The summed E-state index contributed by atoms with van der Waals surface area (Å²) in [5.74, 6) is 0.442. The summed E-state index contributed by atoms with van der Waals surface area (Å²) in [5, 5.41) is 6.76. The predicted molar refractivity (Wildman–Crippen MR) is 307 cm³/mol. The van der Waals surface area contributed by atoms with Gasteiger partial charge in [0.05, 0.1) is 17.1 Å². The normalized spacial score (nSPS) is 11.8. The Bertz CT molecular complexity index is 3920. The molecule has 0 spiro atoms. The van der Waals surface area contributed by atoms with Crippen LogP contribution in [0.1, 0.15) is 51.7 Å². The van der Waals surface area contributed by atoms with E-state index in [1.54, 1.807) is 0 Å². The van der Waals surface area contributed by atoms with Crippen molar-refractivity contribution in [2.24, 2.45) is 0 Å². The molecule has 0 aliphatic heterocycles. The number of nitrogens with zero attached hydrogens (tertiary/aromatic N) is 2. The van der Waals surface area contributed by atoms with Crippen LogP contribution in [-0.4, -0.2) is 0 Å². The Balaban J connectivity index is 0.983. The molecule has 0 radical (unpaired) electrons. The topological polar surface area (TPSA) is 19.6 Å². The lowest BCUT2D eigenvalue weighted by atomic mass is 9.86. The second kappa shape index (κ2) is 18.3. The summed E-state index contributed by atoms with van der Waals surface area (Å²) in [6.07, 6.45) is 0. The average molecular weight is 929 g/mol. The molecule has 12 aromatic rings. The Kier molecular flexibility index (Phi) is 11.3. The Morgan fingerprint density at radius 3 is 1.21 bits per heavy atom. The molecule has 72 heavy (non-hydrogen) atoms. The number of para-hydroxylation sites is 3. The SMILES string of the molecule is CC(C)c1ccc(N(c2ccc3cc4c(cc3c2)oc2cc3cc(N(c5ccccc5-c5ccccc5)c5ccccc5-c5ccc(C(C)(C)C)cc5)ccc3cc24)c2ccccc2-c2ccccc2)cc1. The smallest absolute Gasteiger partial charge is 0.136 e. The van der Waals surface area contributed by atoms with E-state index in [-0.39, 0.29) is 5.41 Å². The number of fused-ring (bicyclic) bond motifs is 5. The number of hydrogen-bond acceptors (Lipinski definition) is 3. The molecular formula is C69H56N2O. The maximum atomic E-state index is 6.88. The number of rotatable bonds is 10. The molecule has 1 heterocycles. The molecule has 0 aliphatic carbocycles. The largest absolute Gasteiger partial charge is 0.456 e. The molecule has 0 N–H and O–H groups in total. The minimum absolute atomic E-state index is 0.0605. The van der Waals surface area contributed by atoms with Gasteiger partial charge in [0.1, 0.15) is 11.2 Å². The fourth-order valence-corrected chi connectivity index (χ4v) is 10.5. The maximum Gasteiger partial charge on any atom is 0.136 e. The summed E-state index contributed by atoms with van der Waals surface area (Å²) in [6, 6.07) is 88.5. The van der Waals surface area contributed by atoms with Crippen LogP contribution in [0.3, 0.4) is 0 Å². The first-order chi connectivity index (χ1) is 35.1. The molecule has 0 fully saturated rings. The van der Waals surface area contributed by atoms with E-state index >= 15 is 0 Å². The lowest BCUT2D eigenvalue weighted by Crippen LogP contribution is -2.13. The van der Waals surface area contributed by atoms with Crippen molar-refractivity contribution in [1.82, 2.24) is 0 Å². The third-order valence-corrected chi connectivity index (χ3v) is 14.4. The fourth-order valence-electron chi connectivity index (χ4n) is 10.5. The second-order valence-corrected chi connectivity index (χ2v) is 20.4. The van der Waals surface area contributed by atoms with Gasteiger partial charge in [-0.15, -0.1) is 0 Å². The van der Waals surface area contributed by atoms with Gasteiger partial charge in [-0.05, 0) is 140 Å². The zero-order valence-corrected chi connectivity index (χ0v) is 41.5. The first-order valence-electron chi connectivity index (χ1n) is 25.2. The molecule has 3 heteroatoms. The van der Waals surface area contributed by atoms with Gasteiger partial charge in [-0.3, -0.25) is 0 Å². The van der Waals surface area contributed by atoms with Crippen LogP contribution in [0.4, 0.5) is 34.1 Å². The molecule has 11 aromatic carbocycles. The van der Waals surface area contributed by atoms with Crippen molar-refractivity contribution in [1.29, 1.82) is 0 Å². The monoisotopic (exact) mass is 928 g/mol. The van der Waals surface area contributed by atoms with Gasteiger partial charge in [0.15, 0.2) is 0 Å². The van der Waals surface area contributed by atoms with E-state index in [1.807, 2.05) is 0 Å². The highest BCUT2D eigenvalue weighted by molar-refractivity contribution is 6.14. The van der Waals surface area contributed by atoms with Gasteiger partial charge < -0.3 is 14.2 Å². The van der Waals surface area contributed by atoms with Gasteiger partial charge in [-0.2, -0.15) is 0 Å². The quantitative estimate of drug-likeness (QED) is 0.136. The number of hydrogen-bond donors (Lipinski definition) is 0. The average Bonchev–Trinajstić information content (AvgIpc) is 3.76. The minimum Gasteiger partial charge on any atom is -0.456 e. The van der Waals surface area contributed by atoms with E-state index < -0.39 is 0 Å². The lowest BCUT2D eigenvalue weighted by Gasteiger charge is -2.30. The van der Waals surface area contributed by atoms with Gasteiger partial charge in [0.2, 0.25) is 0 Å². The zero-order chi connectivity index (χ0) is 48.9. The highest BCUT2D eigenvalue weighted by atomic mass is 16.3. The molecule has 1 aromatic heterocycles. The fraction of sp³-hybridized carbons (Fsp3) is 0.101. The van der Waals surface area contributed by atoms with E-state index in [0.29, 0.717) is 5.92 Å². The summed E-state index contributed by atoms with van der Waals surface area (Å²) in [4.78, 5) is 4.82. The van der Waals surface area contributed by atoms with E-state index in [2.05, 4.69) is 287 Å². The van der Waals surface area contributed by atoms with Gasteiger partial charge in [-0.1, -0.05) is 198 Å². The summed E-state index contributed by atoms with van der Waals surface area (Å²) >= 11 is 0. The molecule has 0 atom stereocenters. The Morgan fingerprint density at radius 2 is 0.750 bits per heavy atom. The van der Waals surface area contributed by atoms with Crippen LogP contribution in [-0.2, 0) is 5.41 Å². The Hall–Kier alpha value is -8.66. The van der Waals surface area contributed by atoms with Crippen molar-refractivity contribution < 1.29 is 4.42 Å². The van der Waals surface area contributed by atoms with Crippen molar-refractivity contribution in [3.8, 4) is 33.4 Å². The molecule has 3 nitrogen and oxygen atoms in total. The van der Waals surface area contributed by atoms with E-state index in [0.717, 1.165) is 88.7 Å². The third-order valence-electron chi connectivity index (χ3n) is 14.4. The van der Waals surface area contributed by atoms with Gasteiger partial charge in [0, 0.05) is 44.5 Å². The predicted octanol–water partition coefficient (Wildman–Crippen LogP) is 20.3. The zero-order valence-electron chi connectivity index (χ0n) is 41.5. The summed E-state index contributed by atoms with van der Waals surface area (Å²) in [6.45, 7) is 11.3. The van der Waals surface area contributed by atoms with Crippen LogP contribution >= 0.6 is 0 Å². The molecule has 0 aliphatic rings. The van der Waals surface area contributed by atoms with E-state index in [9.17, 15) is 0 Å². The molecule has 0 saturated heterocycles. The van der Waals surface area contributed by atoms with Gasteiger partial charge in [-0.25, -0.2) is 0 Å². The van der Waals surface area contributed by atoms with Crippen LogP contribution in [0.2, 0.25) is 0 Å². The Labute approximate surface area is 422 Å². The minimum atomic E-state index is 0.0605. The standard InChI is InChI=1S/C69H56N2O/c1-46(2)47-30-36-56(37-31-47)70(64-25-15-12-22-59(64)48-18-8-6-9-19-48)57-38-32-51-42-62-63-43-52-33-39-58(41-54(52)45-68(63)72-67(62)44-53(51)40-57)71(65-26-16-13-23-60(65)49-20-10-7-11-21-49)66-27-17-14-24-61(66)50-28-34-55(35-29-50)69(3,4)5/h6-46H,1-5H3. The van der Waals surface area contributed by atoms with Crippen LogP contribution in [0.25, 0.3) is 76.9 Å². The molecule has 0 amide bonds. The summed E-state index contributed by atoms with van der Waals surface area (Å²) in [5.41, 5.74) is 18.0. The third kappa shape index (κ3) is 8.27. The van der Waals surface area contributed by atoms with Gasteiger partial charge in [0.25, 0.3) is 0 Å². The van der Waals surface area contributed by atoms with Crippen LogP contribution in [0.5, 0.6) is 0 Å². The summed E-state index contributed by atoms with van der Waals surface area (Å²) < 4.78 is 6.88. The van der Waals surface area contributed by atoms with Crippen molar-refractivity contribution in [3.63, 3.8) is 0 Å². The maximum absolute atomic E-state index is 6.88. The Morgan fingerprint density at radius 1 is 0.347 bits per heavy atom. The molecule has 0 bridgehead atoms. The van der Waals surface area contributed by atoms with Crippen LogP contribution < -0.4 is 9.80 Å². The summed E-state index contributed by atoms with van der Waals surface area (Å²) in [7, 11) is 0. The first kappa shape index (κ1) is 44.5. The second-order valence-electron chi connectivity index (χ2n) is 20.4.